The van der Waals surface area contributed by atoms with Crippen molar-refractivity contribution in [3.8, 4) is 0 Å². The highest BCUT2D eigenvalue weighted by Crippen LogP contribution is 2.63. The second kappa shape index (κ2) is 16.3. The molecule has 1 saturated carbocycles. The summed E-state index contributed by atoms with van der Waals surface area (Å²) < 4.78 is 0. The van der Waals surface area contributed by atoms with Crippen molar-refractivity contribution in [2.75, 3.05) is 14.7 Å². The predicted molar refractivity (Wildman–Crippen MR) is 344 cm³/mol. The monoisotopic (exact) mass is 1060 g/mol. The lowest BCUT2D eigenvalue weighted by atomic mass is 9.32. The number of rotatable bonds is 3. The average Bonchev–Trinajstić information content (AvgIpc) is 3.62. The van der Waals surface area contributed by atoms with E-state index in [0.717, 1.165) is 6.42 Å². The number of nitrogens with zero attached hydrogens (tertiary/aromatic N) is 3. The summed E-state index contributed by atoms with van der Waals surface area (Å²) in [7, 11) is 0. The molecule has 4 heteroatoms. The van der Waals surface area contributed by atoms with Gasteiger partial charge in [-0.25, -0.2) is 0 Å². The Labute approximate surface area is 483 Å². The summed E-state index contributed by atoms with van der Waals surface area (Å²) in [5, 5.41) is 0. The van der Waals surface area contributed by atoms with Gasteiger partial charge in [-0.2, -0.15) is 0 Å². The summed E-state index contributed by atoms with van der Waals surface area (Å²) >= 11 is 0. The van der Waals surface area contributed by atoms with E-state index in [1.54, 1.807) is 11.1 Å². The van der Waals surface area contributed by atoms with Gasteiger partial charge in [0.15, 0.2) is 0 Å². The Bertz CT molecular complexity index is 3460. The second-order valence-corrected chi connectivity index (χ2v) is 33.1. The molecule has 14 rings (SSSR count). The maximum absolute atomic E-state index is 2.88. The van der Waals surface area contributed by atoms with Crippen LogP contribution in [0, 0.1) is 0 Å². The molecule has 2 atom stereocenters. The summed E-state index contributed by atoms with van der Waals surface area (Å²) in [5.41, 5.74) is 29.2. The molecular weight excluding hydrogens is 966 g/mol. The lowest BCUT2D eigenvalue weighted by Crippen LogP contribution is -2.62. The Kier molecular flexibility index (Phi) is 10.8. The van der Waals surface area contributed by atoms with E-state index < -0.39 is 0 Å². The van der Waals surface area contributed by atoms with Gasteiger partial charge in [-0.05, 0) is 236 Å². The van der Waals surface area contributed by atoms with Crippen LogP contribution < -0.4 is 31.1 Å². The van der Waals surface area contributed by atoms with Gasteiger partial charge in [0.2, 0.25) is 0 Å². The van der Waals surface area contributed by atoms with Crippen LogP contribution in [0.15, 0.2) is 97.1 Å². The van der Waals surface area contributed by atoms with Crippen LogP contribution in [0.5, 0.6) is 0 Å². The molecule has 8 aliphatic rings. The normalized spacial score (nSPS) is 26.6. The van der Waals surface area contributed by atoms with E-state index in [1.165, 1.54) is 171 Å². The first-order valence-electron chi connectivity index (χ1n) is 31.7. The molecule has 3 aliphatic heterocycles. The van der Waals surface area contributed by atoms with Gasteiger partial charge in [0, 0.05) is 50.9 Å². The van der Waals surface area contributed by atoms with Crippen molar-refractivity contribution in [1.29, 1.82) is 0 Å². The van der Waals surface area contributed by atoms with Gasteiger partial charge >= 0.3 is 0 Å². The van der Waals surface area contributed by atoms with Crippen molar-refractivity contribution in [3.05, 3.63) is 147 Å². The third-order valence-corrected chi connectivity index (χ3v) is 24.5. The van der Waals surface area contributed by atoms with Crippen LogP contribution in [0.3, 0.4) is 0 Å². The summed E-state index contributed by atoms with van der Waals surface area (Å²) in [5.74, 6) is 0. The molecule has 5 aliphatic carbocycles. The molecule has 3 heterocycles. The van der Waals surface area contributed by atoms with Crippen LogP contribution in [0.1, 0.15) is 252 Å². The third kappa shape index (κ3) is 7.10. The summed E-state index contributed by atoms with van der Waals surface area (Å²) in [6, 6.07) is 41.5. The average molecular weight is 1060 g/mol. The van der Waals surface area contributed by atoms with Crippen LogP contribution in [-0.4, -0.2) is 12.3 Å². The molecule has 2 unspecified atom stereocenters. The van der Waals surface area contributed by atoms with Crippen molar-refractivity contribution in [1.82, 2.24) is 0 Å². The van der Waals surface area contributed by atoms with Crippen LogP contribution in [0.2, 0.25) is 0 Å². The number of fused-ring (bicyclic) bond motifs is 11. The number of para-hydroxylation sites is 1. The van der Waals surface area contributed by atoms with Gasteiger partial charge in [0.1, 0.15) is 0 Å². The number of benzene rings is 6. The fourth-order valence-electron chi connectivity index (χ4n) is 18.3. The van der Waals surface area contributed by atoms with E-state index in [0.29, 0.717) is 0 Å². The molecule has 80 heavy (non-hydrogen) atoms. The Balaban J connectivity index is 1.16. The molecule has 0 N–H and O–H groups in total. The zero-order valence-corrected chi connectivity index (χ0v) is 52.6. The minimum Gasteiger partial charge on any atom is -0.334 e. The van der Waals surface area contributed by atoms with E-state index in [-0.39, 0.29) is 61.0 Å². The summed E-state index contributed by atoms with van der Waals surface area (Å²) in [6.45, 7) is 45.6. The fraction of sp³-hybridized carbons (Fsp3) is 0.526. The fourth-order valence-corrected chi connectivity index (χ4v) is 18.3. The largest absolute Gasteiger partial charge is 0.334 e. The zero-order valence-electron chi connectivity index (χ0n) is 52.6. The van der Waals surface area contributed by atoms with Gasteiger partial charge < -0.3 is 14.7 Å². The molecule has 0 bridgehead atoms. The summed E-state index contributed by atoms with van der Waals surface area (Å²) in [6.07, 6.45) is 14.4. The zero-order chi connectivity index (χ0) is 56.7. The van der Waals surface area contributed by atoms with Crippen molar-refractivity contribution in [2.45, 2.75) is 256 Å². The lowest BCUT2D eigenvalue weighted by Gasteiger charge is -2.52. The number of anilines is 8. The molecule has 6 aromatic carbocycles. The highest BCUT2D eigenvalue weighted by atomic mass is 15.3. The molecule has 1 fully saturated rings. The molecule has 6 aromatic rings. The van der Waals surface area contributed by atoms with Crippen molar-refractivity contribution < 1.29 is 0 Å². The smallest absolute Gasteiger partial charge is 0.252 e. The van der Waals surface area contributed by atoms with E-state index in [4.69, 9.17) is 0 Å². The Morgan fingerprint density at radius 1 is 0.300 bits per heavy atom. The van der Waals surface area contributed by atoms with Gasteiger partial charge in [-0.15, -0.1) is 0 Å². The number of hydrogen-bond donors (Lipinski definition) is 0. The molecular formula is C76H94BN3. The van der Waals surface area contributed by atoms with Gasteiger partial charge in [0.05, 0.1) is 5.54 Å². The second-order valence-electron chi connectivity index (χ2n) is 33.1. The maximum Gasteiger partial charge on any atom is 0.252 e. The van der Waals surface area contributed by atoms with Gasteiger partial charge in [0.25, 0.3) is 6.71 Å². The van der Waals surface area contributed by atoms with E-state index in [9.17, 15) is 0 Å². The summed E-state index contributed by atoms with van der Waals surface area (Å²) in [4.78, 5) is 8.52. The highest BCUT2D eigenvalue weighted by Gasteiger charge is 2.59. The molecule has 0 saturated heterocycles. The Morgan fingerprint density at radius 2 is 0.662 bits per heavy atom. The quantitative estimate of drug-likeness (QED) is 0.163. The van der Waals surface area contributed by atoms with Crippen LogP contribution in [0.25, 0.3) is 0 Å². The lowest BCUT2D eigenvalue weighted by molar-refractivity contribution is 0.195. The molecule has 0 radical (unpaired) electrons. The van der Waals surface area contributed by atoms with Gasteiger partial charge in [-0.1, -0.05) is 173 Å². The van der Waals surface area contributed by atoms with Crippen LogP contribution in [0.4, 0.5) is 45.5 Å². The maximum atomic E-state index is 2.88. The first kappa shape index (κ1) is 52.8. The molecule has 416 valence electrons. The predicted octanol–water partition coefficient (Wildman–Crippen LogP) is 18.9. The van der Waals surface area contributed by atoms with Crippen molar-refractivity contribution in [3.63, 3.8) is 0 Å². The van der Waals surface area contributed by atoms with Crippen LogP contribution >= 0.6 is 0 Å². The molecule has 0 amide bonds. The van der Waals surface area contributed by atoms with Crippen molar-refractivity contribution in [2.24, 2.45) is 0 Å². The highest BCUT2D eigenvalue weighted by molar-refractivity contribution is 7.00. The van der Waals surface area contributed by atoms with Crippen LogP contribution in [-0.2, 0) is 48.7 Å². The topological polar surface area (TPSA) is 9.72 Å². The first-order valence-corrected chi connectivity index (χ1v) is 31.7. The minimum atomic E-state index is -0.115. The Morgan fingerprint density at radius 3 is 1.09 bits per heavy atom. The SMILES string of the molecule is CC1(C)CCC(C)(C)c2cc(N3c4cc5c(cc4B4c6cc7c(cc6N(c6ccc8c(c6)C(C)(C)CCC8(C)C)c6cc(N8c9ccccc9C9(C)CCCCC89C)cc3c64)C(C)(C)CCC7(C)C)C(C)(C)CCC5(C)C)ccc21. The Hall–Kier alpha value is -5.22. The minimum absolute atomic E-state index is 0.0126. The molecule has 3 nitrogen and oxygen atoms in total. The van der Waals surface area contributed by atoms with Crippen molar-refractivity contribution >= 4 is 68.6 Å². The standard InChI is InChI=1S/C76H94BN3/c1-67(2)31-33-69(5,6)53-39-47(25-27-50(53)67)78-62-45-57-55(71(9,10)35-37-73(57,13)14)43-59(62)77-60-44-56-58(74(15,16)38-36-72(56,11)12)46-63(60)79(48-26-28-51-54(40-48)70(7,8)34-32-68(51,3)4)65-42-49(41-64(78)66(65)77)80-61-24-20-19-23-52(61)75(17)29-21-22-30-76(75,80)18/h19-20,23-28,39-46H,21-22,29-38H2,1-18H3. The first-order chi connectivity index (χ1) is 37.3. The molecule has 0 aromatic heterocycles. The number of hydrogen-bond acceptors (Lipinski definition) is 3. The molecule has 0 spiro atoms. The third-order valence-electron chi connectivity index (χ3n) is 24.5. The van der Waals surface area contributed by atoms with Gasteiger partial charge in [-0.3, -0.25) is 0 Å². The van der Waals surface area contributed by atoms with E-state index in [1.807, 2.05) is 0 Å². The van der Waals surface area contributed by atoms with E-state index >= 15 is 0 Å². The van der Waals surface area contributed by atoms with E-state index in [2.05, 4.69) is 236 Å².